The van der Waals surface area contributed by atoms with Gasteiger partial charge in [-0.05, 0) is 48.4 Å². The van der Waals surface area contributed by atoms with Crippen LogP contribution < -0.4 is 10.1 Å². The summed E-state index contributed by atoms with van der Waals surface area (Å²) in [6, 6.07) is 22.8. The lowest BCUT2D eigenvalue weighted by Crippen LogP contribution is -2.37. The van der Waals surface area contributed by atoms with Gasteiger partial charge in [0.25, 0.3) is 0 Å². The first-order chi connectivity index (χ1) is 14.4. The quantitative estimate of drug-likeness (QED) is 0.596. The Hall–Kier alpha value is -3.16. The number of sulfonamides is 1. The molecule has 0 spiro atoms. The molecule has 0 saturated heterocycles. The fraction of sp³-hybridized carbons (Fsp3) is 0.174. The molecule has 1 N–H and O–H groups in total. The summed E-state index contributed by atoms with van der Waals surface area (Å²) >= 11 is 0. The molecule has 3 aromatic rings. The minimum absolute atomic E-state index is 0.0798. The zero-order valence-corrected chi connectivity index (χ0v) is 17.7. The standard InChI is InChI=1S/C23H24N2O4S/c1-18-15-21(13-14-22(18)29-2)30(27,28)25(16-19-9-5-3-6-10-19)17-23(26)24-20-11-7-4-8-12-20/h3-15H,16-17H2,1-2H3,(H,24,26). The summed E-state index contributed by atoms with van der Waals surface area (Å²) in [4.78, 5) is 12.7. The fourth-order valence-electron chi connectivity index (χ4n) is 3.06. The monoisotopic (exact) mass is 424 g/mol. The predicted octanol–water partition coefficient (Wildman–Crippen LogP) is 3.83. The van der Waals surface area contributed by atoms with Crippen LogP contribution in [-0.2, 0) is 21.4 Å². The molecule has 0 saturated carbocycles. The number of rotatable bonds is 8. The Bertz CT molecular complexity index is 1100. The molecular formula is C23H24N2O4S. The molecule has 30 heavy (non-hydrogen) atoms. The van der Waals surface area contributed by atoms with Crippen LogP contribution >= 0.6 is 0 Å². The number of para-hydroxylation sites is 1. The highest BCUT2D eigenvalue weighted by molar-refractivity contribution is 7.89. The molecule has 0 aliphatic carbocycles. The summed E-state index contributed by atoms with van der Waals surface area (Å²) in [6.07, 6.45) is 0. The van der Waals surface area contributed by atoms with Gasteiger partial charge in [-0.25, -0.2) is 8.42 Å². The van der Waals surface area contributed by atoms with Crippen molar-refractivity contribution in [3.8, 4) is 5.75 Å². The van der Waals surface area contributed by atoms with E-state index in [1.54, 1.807) is 43.3 Å². The zero-order chi connectivity index (χ0) is 21.6. The fourth-order valence-corrected chi connectivity index (χ4v) is 4.53. The lowest BCUT2D eigenvalue weighted by molar-refractivity contribution is -0.116. The Kier molecular flexibility index (Phi) is 6.87. The lowest BCUT2D eigenvalue weighted by Gasteiger charge is -2.22. The summed E-state index contributed by atoms with van der Waals surface area (Å²) in [5.74, 6) is 0.191. The van der Waals surface area contributed by atoms with Gasteiger partial charge in [-0.2, -0.15) is 4.31 Å². The Morgan fingerprint density at radius 1 is 0.967 bits per heavy atom. The van der Waals surface area contributed by atoms with Crippen molar-refractivity contribution >= 4 is 21.6 Å². The molecule has 0 heterocycles. The van der Waals surface area contributed by atoms with Gasteiger partial charge in [-0.3, -0.25) is 4.79 Å². The largest absolute Gasteiger partial charge is 0.496 e. The number of ether oxygens (including phenoxy) is 1. The van der Waals surface area contributed by atoms with Gasteiger partial charge in [-0.15, -0.1) is 0 Å². The van der Waals surface area contributed by atoms with Crippen LogP contribution in [0.4, 0.5) is 5.69 Å². The van der Waals surface area contributed by atoms with E-state index < -0.39 is 15.9 Å². The Morgan fingerprint density at radius 2 is 1.60 bits per heavy atom. The van der Waals surface area contributed by atoms with Crippen molar-refractivity contribution < 1.29 is 17.9 Å². The number of anilines is 1. The van der Waals surface area contributed by atoms with E-state index >= 15 is 0 Å². The van der Waals surface area contributed by atoms with Crippen molar-refractivity contribution in [1.82, 2.24) is 4.31 Å². The molecule has 0 radical (unpaired) electrons. The summed E-state index contributed by atoms with van der Waals surface area (Å²) in [6.45, 7) is 1.55. The number of aryl methyl sites for hydroxylation is 1. The highest BCUT2D eigenvalue weighted by atomic mass is 32.2. The predicted molar refractivity (Wildman–Crippen MR) is 117 cm³/mol. The van der Waals surface area contributed by atoms with Crippen LogP contribution in [0, 0.1) is 6.92 Å². The first-order valence-corrected chi connectivity index (χ1v) is 10.9. The van der Waals surface area contributed by atoms with Gasteiger partial charge in [0.1, 0.15) is 5.75 Å². The number of nitrogens with one attached hydrogen (secondary N) is 1. The molecule has 7 heteroatoms. The molecule has 0 fully saturated rings. The second-order valence-corrected chi connectivity index (χ2v) is 8.74. The van der Waals surface area contributed by atoms with Crippen LogP contribution in [0.1, 0.15) is 11.1 Å². The average molecular weight is 425 g/mol. The maximum Gasteiger partial charge on any atom is 0.243 e. The maximum absolute atomic E-state index is 13.4. The van der Waals surface area contributed by atoms with Crippen molar-refractivity contribution in [2.45, 2.75) is 18.4 Å². The smallest absolute Gasteiger partial charge is 0.243 e. The molecule has 0 atom stereocenters. The van der Waals surface area contributed by atoms with Gasteiger partial charge in [0.05, 0.1) is 18.6 Å². The molecule has 3 rings (SSSR count). The Labute approximate surface area is 177 Å². The minimum atomic E-state index is -3.92. The molecule has 3 aromatic carbocycles. The van der Waals surface area contributed by atoms with E-state index in [2.05, 4.69) is 5.32 Å². The molecule has 6 nitrogen and oxygen atoms in total. The van der Waals surface area contributed by atoms with Crippen molar-refractivity contribution in [3.63, 3.8) is 0 Å². The van der Waals surface area contributed by atoms with Crippen LogP contribution in [0.3, 0.4) is 0 Å². The van der Waals surface area contributed by atoms with E-state index in [1.165, 1.54) is 17.5 Å². The summed E-state index contributed by atoms with van der Waals surface area (Å²) in [5, 5.41) is 2.75. The van der Waals surface area contributed by atoms with Gasteiger partial charge < -0.3 is 10.1 Å². The normalized spacial score (nSPS) is 11.3. The third-order valence-corrected chi connectivity index (χ3v) is 6.37. The van der Waals surface area contributed by atoms with Crippen LogP contribution in [0.2, 0.25) is 0 Å². The minimum Gasteiger partial charge on any atom is -0.496 e. The lowest BCUT2D eigenvalue weighted by atomic mass is 10.2. The van der Waals surface area contributed by atoms with E-state index in [1.807, 2.05) is 36.4 Å². The topological polar surface area (TPSA) is 75.7 Å². The third-order valence-electron chi connectivity index (χ3n) is 4.58. The van der Waals surface area contributed by atoms with Gasteiger partial charge in [0.2, 0.25) is 15.9 Å². The van der Waals surface area contributed by atoms with E-state index in [0.717, 1.165) is 5.56 Å². The maximum atomic E-state index is 13.4. The van der Waals surface area contributed by atoms with Gasteiger partial charge in [0.15, 0.2) is 0 Å². The average Bonchev–Trinajstić information content (AvgIpc) is 2.74. The number of benzene rings is 3. The van der Waals surface area contributed by atoms with Gasteiger partial charge in [-0.1, -0.05) is 48.5 Å². The summed E-state index contributed by atoms with van der Waals surface area (Å²) in [7, 11) is -2.38. The molecule has 0 bridgehead atoms. The van der Waals surface area contributed by atoms with Crippen LogP contribution in [-0.4, -0.2) is 32.3 Å². The van der Waals surface area contributed by atoms with Crippen molar-refractivity contribution in [2.75, 3.05) is 19.0 Å². The second-order valence-electron chi connectivity index (χ2n) is 6.80. The number of nitrogens with zero attached hydrogens (tertiary/aromatic N) is 1. The van der Waals surface area contributed by atoms with Crippen LogP contribution in [0.25, 0.3) is 0 Å². The highest BCUT2D eigenvalue weighted by Crippen LogP contribution is 2.25. The van der Waals surface area contributed by atoms with Gasteiger partial charge in [0, 0.05) is 12.2 Å². The molecule has 0 aromatic heterocycles. The highest BCUT2D eigenvalue weighted by Gasteiger charge is 2.27. The zero-order valence-electron chi connectivity index (χ0n) is 16.9. The first kappa shape index (κ1) is 21.5. The molecule has 156 valence electrons. The molecule has 0 unspecified atom stereocenters. The van der Waals surface area contributed by atoms with Crippen LogP contribution in [0.5, 0.6) is 5.75 Å². The van der Waals surface area contributed by atoms with E-state index in [4.69, 9.17) is 4.74 Å². The number of carbonyl (C=O) groups is 1. The first-order valence-electron chi connectivity index (χ1n) is 9.44. The number of methoxy groups -OCH3 is 1. The number of amides is 1. The van der Waals surface area contributed by atoms with Crippen molar-refractivity contribution in [1.29, 1.82) is 0 Å². The van der Waals surface area contributed by atoms with Crippen LogP contribution in [0.15, 0.2) is 83.8 Å². The van der Waals surface area contributed by atoms with Crippen molar-refractivity contribution in [3.05, 3.63) is 90.0 Å². The summed E-state index contributed by atoms with van der Waals surface area (Å²) in [5.41, 5.74) is 2.10. The van der Waals surface area contributed by atoms with E-state index in [9.17, 15) is 13.2 Å². The Balaban J connectivity index is 1.89. The van der Waals surface area contributed by atoms with E-state index in [-0.39, 0.29) is 18.0 Å². The van der Waals surface area contributed by atoms with Crippen molar-refractivity contribution in [2.24, 2.45) is 0 Å². The Morgan fingerprint density at radius 3 is 2.20 bits per heavy atom. The number of carbonyl (C=O) groups excluding carboxylic acids is 1. The van der Waals surface area contributed by atoms with Gasteiger partial charge >= 0.3 is 0 Å². The number of hydrogen-bond donors (Lipinski definition) is 1. The molecular weight excluding hydrogens is 400 g/mol. The third kappa shape index (κ3) is 5.25. The SMILES string of the molecule is COc1ccc(S(=O)(=O)N(CC(=O)Nc2ccccc2)Cc2ccccc2)cc1C. The second kappa shape index (κ2) is 9.56. The summed E-state index contributed by atoms with van der Waals surface area (Å²) < 4.78 is 33.2. The number of hydrogen-bond acceptors (Lipinski definition) is 4. The molecule has 0 aliphatic rings. The molecule has 0 aliphatic heterocycles. The van der Waals surface area contributed by atoms with E-state index in [0.29, 0.717) is 17.0 Å². The molecule has 1 amide bonds.